The molecule has 1 aromatic heterocycles. The zero-order valence-electron chi connectivity index (χ0n) is 12.6. The SMILES string of the molecule is CC(C)(C)n1cc(CNC(C(=O)O)c2ccccc2)cn1. The highest BCUT2D eigenvalue weighted by molar-refractivity contribution is 5.75. The molecule has 2 rings (SSSR count). The van der Waals surface area contributed by atoms with Crippen LogP contribution in [-0.2, 0) is 16.9 Å². The van der Waals surface area contributed by atoms with Gasteiger partial charge >= 0.3 is 5.97 Å². The van der Waals surface area contributed by atoms with Crippen LogP contribution in [0.1, 0.15) is 37.9 Å². The number of carboxylic acids is 1. The molecule has 0 amide bonds. The average Bonchev–Trinajstić information content (AvgIpc) is 2.88. The molecule has 1 unspecified atom stereocenters. The van der Waals surface area contributed by atoms with Gasteiger partial charge in [-0.2, -0.15) is 5.10 Å². The fourth-order valence-electron chi connectivity index (χ4n) is 2.03. The molecular weight excluding hydrogens is 266 g/mol. The van der Waals surface area contributed by atoms with Crippen molar-refractivity contribution in [3.63, 3.8) is 0 Å². The molecule has 0 spiro atoms. The zero-order chi connectivity index (χ0) is 15.5. The third kappa shape index (κ3) is 3.92. The van der Waals surface area contributed by atoms with Crippen molar-refractivity contribution in [1.82, 2.24) is 15.1 Å². The van der Waals surface area contributed by atoms with Gasteiger partial charge in [0.05, 0.1) is 11.7 Å². The predicted octanol–water partition coefficient (Wildman–Crippen LogP) is 2.55. The number of hydrogen-bond donors (Lipinski definition) is 2. The van der Waals surface area contributed by atoms with Crippen molar-refractivity contribution in [2.45, 2.75) is 38.9 Å². The maximum atomic E-state index is 11.4. The highest BCUT2D eigenvalue weighted by Crippen LogP contribution is 2.16. The maximum Gasteiger partial charge on any atom is 0.325 e. The Morgan fingerprint density at radius 3 is 2.52 bits per heavy atom. The molecule has 0 saturated heterocycles. The van der Waals surface area contributed by atoms with E-state index in [2.05, 4.69) is 31.2 Å². The molecule has 0 aliphatic carbocycles. The van der Waals surface area contributed by atoms with Gasteiger partial charge in [-0.3, -0.25) is 14.8 Å². The molecule has 0 bridgehead atoms. The number of aromatic nitrogens is 2. The molecule has 21 heavy (non-hydrogen) atoms. The van der Waals surface area contributed by atoms with Gasteiger partial charge in [-0.05, 0) is 26.3 Å². The van der Waals surface area contributed by atoms with Crippen molar-refractivity contribution in [1.29, 1.82) is 0 Å². The minimum Gasteiger partial charge on any atom is -0.480 e. The minimum absolute atomic E-state index is 0.0795. The molecule has 0 fully saturated rings. The molecule has 5 heteroatoms. The first-order valence-electron chi connectivity index (χ1n) is 6.93. The van der Waals surface area contributed by atoms with Crippen molar-refractivity contribution in [2.24, 2.45) is 0 Å². The van der Waals surface area contributed by atoms with Gasteiger partial charge in [-0.25, -0.2) is 0 Å². The van der Waals surface area contributed by atoms with Crippen molar-refractivity contribution in [3.05, 3.63) is 53.9 Å². The van der Waals surface area contributed by atoms with Crippen molar-refractivity contribution in [3.8, 4) is 0 Å². The Hall–Kier alpha value is -2.14. The smallest absolute Gasteiger partial charge is 0.325 e. The highest BCUT2D eigenvalue weighted by Gasteiger charge is 2.19. The standard InChI is InChI=1S/C16H21N3O2/c1-16(2,3)19-11-12(10-18-19)9-17-14(15(20)21)13-7-5-4-6-8-13/h4-8,10-11,14,17H,9H2,1-3H3,(H,20,21). The van der Waals surface area contributed by atoms with Crippen LogP contribution in [0.15, 0.2) is 42.7 Å². The molecule has 0 saturated carbocycles. The molecule has 112 valence electrons. The lowest BCUT2D eigenvalue weighted by atomic mass is 10.1. The fourth-order valence-corrected chi connectivity index (χ4v) is 2.03. The van der Waals surface area contributed by atoms with Crippen molar-refractivity contribution >= 4 is 5.97 Å². The molecule has 0 aliphatic rings. The van der Waals surface area contributed by atoms with Crippen LogP contribution < -0.4 is 5.32 Å². The third-order valence-corrected chi connectivity index (χ3v) is 3.21. The Balaban J connectivity index is 2.06. The maximum absolute atomic E-state index is 11.4. The lowest BCUT2D eigenvalue weighted by Crippen LogP contribution is -2.28. The summed E-state index contributed by atoms with van der Waals surface area (Å²) in [6.45, 7) is 6.67. The van der Waals surface area contributed by atoms with E-state index in [1.165, 1.54) is 0 Å². The van der Waals surface area contributed by atoms with Crippen LogP contribution in [0.5, 0.6) is 0 Å². The van der Waals surface area contributed by atoms with Gasteiger partial charge in [-0.1, -0.05) is 30.3 Å². The summed E-state index contributed by atoms with van der Waals surface area (Å²) >= 11 is 0. The normalized spacial score (nSPS) is 13.1. The third-order valence-electron chi connectivity index (χ3n) is 3.21. The number of carboxylic acid groups (broad SMARTS) is 1. The zero-order valence-corrected chi connectivity index (χ0v) is 12.6. The summed E-state index contributed by atoms with van der Waals surface area (Å²) in [6.07, 6.45) is 3.71. The Morgan fingerprint density at radius 2 is 2.00 bits per heavy atom. The van der Waals surface area contributed by atoms with E-state index in [0.29, 0.717) is 6.54 Å². The van der Waals surface area contributed by atoms with Crippen molar-refractivity contribution < 1.29 is 9.90 Å². The van der Waals surface area contributed by atoms with E-state index in [1.807, 2.05) is 41.2 Å². The molecule has 0 aliphatic heterocycles. The number of benzene rings is 1. The van der Waals surface area contributed by atoms with Gasteiger partial charge in [0.1, 0.15) is 6.04 Å². The van der Waals surface area contributed by atoms with Crippen LogP contribution in [0.4, 0.5) is 0 Å². The Kier molecular flexibility index (Phi) is 4.43. The predicted molar refractivity (Wildman–Crippen MR) is 80.9 cm³/mol. The van der Waals surface area contributed by atoms with Gasteiger partial charge < -0.3 is 5.11 Å². The molecule has 1 heterocycles. The number of rotatable bonds is 5. The molecule has 1 atom stereocenters. The molecule has 0 radical (unpaired) electrons. The lowest BCUT2D eigenvalue weighted by Gasteiger charge is -2.18. The minimum atomic E-state index is -0.885. The van der Waals surface area contributed by atoms with Gasteiger partial charge in [-0.15, -0.1) is 0 Å². The molecular formula is C16H21N3O2. The van der Waals surface area contributed by atoms with E-state index in [0.717, 1.165) is 11.1 Å². The number of nitrogens with zero attached hydrogens (tertiary/aromatic N) is 2. The second-order valence-electron chi connectivity index (χ2n) is 6.03. The van der Waals surface area contributed by atoms with E-state index in [-0.39, 0.29) is 5.54 Å². The van der Waals surface area contributed by atoms with Gasteiger partial charge in [0, 0.05) is 18.3 Å². The summed E-state index contributed by atoms with van der Waals surface area (Å²) < 4.78 is 1.88. The summed E-state index contributed by atoms with van der Waals surface area (Å²) in [6, 6.07) is 8.45. The number of aliphatic carboxylic acids is 1. The van der Waals surface area contributed by atoms with Crippen LogP contribution in [-0.4, -0.2) is 20.9 Å². The molecule has 2 N–H and O–H groups in total. The molecule has 5 nitrogen and oxygen atoms in total. The second kappa shape index (κ2) is 6.10. The van der Waals surface area contributed by atoms with Crippen LogP contribution in [0, 0.1) is 0 Å². The molecule has 1 aromatic carbocycles. The highest BCUT2D eigenvalue weighted by atomic mass is 16.4. The van der Waals surface area contributed by atoms with E-state index in [4.69, 9.17) is 0 Å². The summed E-state index contributed by atoms with van der Waals surface area (Å²) in [5, 5.41) is 16.7. The second-order valence-corrected chi connectivity index (χ2v) is 6.03. The lowest BCUT2D eigenvalue weighted by molar-refractivity contribution is -0.139. The number of hydrogen-bond acceptors (Lipinski definition) is 3. The van der Waals surface area contributed by atoms with Crippen LogP contribution >= 0.6 is 0 Å². The number of carbonyl (C=O) groups is 1. The van der Waals surface area contributed by atoms with Crippen LogP contribution in [0.3, 0.4) is 0 Å². The quantitative estimate of drug-likeness (QED) is 0.887. The monoisotopic (exact) mass is 287 g/mol. The average molecular weight is 287 g/mol. The van der Waals surface area contributed by atoms with E-state index >= 15 is 0 Å². The van der Waals surface area contributed by atoms with E-state index in [1.54, 1.807) is 6.20 Å². The van der Waals surface area contributed by atoms with Crippen LogP contribution in [0.2, 0.25) is 0 Å². The summed E-state index contributed by atoms with van der Waals surface area (Å²) in [5.74, 6) is -0.885. The van der Waals surface area contributed by atoms with Gasteiger partial charge in [0.25, 0.3) is 0 Å². The number of nitrogens with one attached hydrogen (secondary N) is 1. The topological polar surface area (TPSA) is 67.2 Å². The largest absolute Gasteiger partial charge is 0.480 e. The van der Waals surface area contributed by atoms with Crippen LogP contribution in [0.25, 0.3) is 0 Å². The Morgan fingerprint density at radius 1 is 1.33 bits per heavy atom. The van der Waals surface area contributed by atoms with Gasteiger partial charge in [0.15, 0.2) is 0 Å². The first kappa shape index (κ1) is 15.3. The molecule has 2 aromatic rings. The first-order chi connectivity index (χ1) is 9.88. The van der Waals surface area contributed by atoms with E-state index in [9.17, 15) is 9.90 Å². The van der Waals surface area contributed by atoms with Crippen molar-refractivity contribution in [2.75, 3.05) is 0 Å². The fraction of sp³-hybridized carbons (Fsp3) is 0.375. The Bertz CT molecular complexity index is 599. The first-order valence-corrected chi connectivity index (χ1v) is 6.93. The summed E-state index contributed by atoms with van der Waals surface area (Å²) in [4.78, 5) is 11.4. The Labute approximate surface area is 124 Å². The van der Waals surface area contributed by atoms with Gasteiger partial charge in [0.2, 0.25) is 0 Å². The summed E-state index contributed by atoms with van der Waals surface area (Å²) in [5.41, 5.74) is 1.63. The van der Waals surface area contributed by atoms with E-state index < -0.39 is 12.0 Å². The summed E-state index contributed by atoms with van der Waals surface area (Å²) in [7, 11) is 0.